The van der Waals surface area contributed by atoms with E-state index in [0.29, 0.717) is 5.92 Å². The zero-order chi connectivity index (χ0) is 12.1. The lowest BCUT2D eigenvalue weighted by Crippen LogP contribution is -2.30. The molecular weight excluding hydrogens is 214 g/mol. The second-order valence-corrected chi connectivity index (χ2v) is 5.85. The molecule has 0 aromatic rings. The Morgan fingerprint density at radius 3 is 2.29 bits per heavy atom. The predicted octanol–water partition coefficient (Wildman–Crippen LogP) is 2.66. The van der Waals surface area contributed by atoms with Gasteiger partial charge in [0.1, 0.15) is 0 Å². The van der Waals surface area contributed by atoms with Crippen LogP contribution in [-0.4, -0.2) is 24.2 Å². The predicted molar refractivity (Wildman–Crippen MR) is 67.9 cm³/mol. The first-order valence-electron chi connectivity index (χ1n) is 7.19. The van der Waals surface area contributed by atoms with Gasteiger partial charge in [-0.25, -0.2) is 0 Å². The third-order valence-electron chi connectivity index (χ3n) is 4.58. The van der Waals surface area contributed by atoms with Crippen LogP contribution in [0.4, 0.5) is 0 Å². The number of rotatable bonds is 6. The van der Waals surface area contributed by atoms with Gasteiger partial charge in [-0.2, -0.15) is 0 Å². The van der Waals surface area contributed by atoms with Gasteiger partial charge in [0.25, 0.3) is 0 Å². The number of nitrogens with one attached hydrogen (secondary N) is 1. The van der Waals surface area contributed by atoms with Gasteiger partial charge < -0.3 is 10.4 Å². The fourth-order valence-corrected chi connectivity index (χ4v) is 3.01. The second kappa shape index (κ2) is 6.39. The van der Waals surface area contributed by atoms with E-state index in [9.17, 15) is 4.79 Å². The fourth-order valence-electron chi connectivity index (χ4n) is 3.01. The van der Waals surface area contributed by atoms with Crippen molar-refractivity contribution in [2.24, 2.45) is 17.8 Å². The Kier molecular flexibility index (Phi) is 4.84. The minimum Gasteiger partial charge on any atom is -0.481 e. The summed E-state index contributed by atoms with van der Waals surface area (Å²) >= 11 is 0. The summed E-state index contributed by atoms with van der Waals surface area (Å²) < 4.78 is 0. The van der Waals surface area contributed by atoms with Crippen LogP contribution in [0, 0.1) is 17.8 Å². The van der Waals surface area contributed by atoms with Gasteiger partial charge in [0, 0.05) is 0 Å². The highest BCUT2D eigenvalue weighted by Gasteiger charge is 2.25. The molecular formula is C14H25NO2. The Morgan fingerprint density at radius 2 is 1.76 bits per heavy atom. The zero-order valence-corrected chi connectivity index (χ0v) is 10.7. The summed E-state index contributed by atoms with van der Waals surface area (Å²) in [5.41, 5.74) is 0. The van der Waals surface area contributed by atoms with Crippen molar-refractivity contribution in [3.8, 4) is 0 Å². The zero-order valence-electron chi connectivity index (χ0n) is 10.7. The topological polar surface area (TPSA) is 49.3 Å². The lowest BCUT2D eigenvalue weighted by atomic mass is 9.81. The SMILES string of the molecule is O=C(O)C1CCC(CNCCC2CCC2)CC1. The van der Waals surface area contributed by atoms with Gasteiger partial charge >= 0.3 is 5.97 Å². The first kappa shape index (κ1) is 12.9. The van der Waals surface area contributed by atoms with E-state index in [1.54, 1.807) is 0 Å². The van der Waals surface area contributed by atoms with E-state index < -0.39 is 5.97 Å². The van der Waals surface area contributed by atoms with E-state index in [-0.39, 0.29) is 5.92 Å². The van der Waals surface area contributed by atoms with E-state index >= 15 is 0 Å². The molecule has 0 aromatic heterocycles. The molecule has 2 N–H and O–H groups in total. The first-order valence-corrected chi connectivity index (χ1v) is 7.19. The highest BCUT2D eigenvalue weighted by molar-refractivity contribution is 5.69. The van der Waals surface area contributed by atoms with Crippen LogP contribution in [0.15, 0.2) is 0 Å². The highest BCUT2D eigenvalue weighted by atomic mass is 16.4. The smallest absolute Gasteiger partial charge is 0.306 e. The van der Waals surface area contributed by atoms with Gasteiger partial charge in [-0.05, 0) is 57.0 Å². The molecule has 17 heavy (non-hydrogen) atoms. The number of hydrogen-bond acceptors (Lipinski definition) is 2. The van der Waals surface area contributed by atoms with E-state index in [1.165, 1.54) is 25.7 Å². The number of carboxylic acids is 1. The van der Waals surface area contributed by atoms with Crippen molar-refractivity contribution in [3.05, 3.63) is 0 Å². The van der Waals surface area contributed by atoms with Crippen LogP contribution in [-0.2, 0) is 4.79 Å². The summed E-state index contributed by atoms with van der Waals surface area (Å²) in [6, 6.07) is 0. The summed E-state index contributed by atoms with van der Waals surface area (Å²) in [5, 5.41) is 12.5. The van der Waals surface area contributed by atoms with Crippen LogP contribution in [0.5, 0.6) is 0 Å². The molecule has 0 atom stereocenters. The van der Waals surface area contributed by atoms with E-state index in [1.807, 2.05) is 0 Å². The van der Waals surface area contributed by atoms with E-state index in [2.05, 4.69) is 5.32 Å². The van der Waals surface area contributed by atoms with Crippen LogP contribution in [0.1, 0.15) is 51.4 Å². The lowest BCUT2D eigenvalue weighted by molar-refractivity contribution is -0.143. The van der Waals surface area contributed by atoms with Gasteiger partial charge in [0.05, 0.1) is 5.92 Å². The average molecular weight is 239 g/mol. The van der Waals surface area contributed by atoms with Gasteiger partial charge in [-0.3, -0.25) is 4.79 Å². The van der Waals surface area contributed by atoms with E-state index in [0.717, 1.165) is 44.7 Å². The van der Waals surface area contributed by atoms with Crippen molar-refractivity contribution in [2.45, 2.75) is 51.4 Å². The van der Waals surface area contributed by atoms with Gasteiger partial charge in [-0.1, -0.05) is 19.3 Å². The highest BCUT2D eigenvalue weighted by Crippen LogP contribution is 2.30. The number of carboxylic acid groups (broad SMARTS) is 1. The van der Waals surface area contributed by atoms with Gasteiger partial charge in [0.2, 0.25) is 0 Å². The molecule has 0 spiro atoms. The molecule has 0 radical (unpaired) electrons. The minimum atomic E-state index is -0.596. The van der Waals surface area contributed by atoms with Crippen LogP contribution in [0.2, 0.25) is 0 Å². The summed E-state index contributed by atoms with van der Waals surface area (Å²) in [7, 11) is 0. The monoisotopic (exact) mass is 239 g/mol. The summed E-state index contributed by atoms with van der Waals surface area (Å²) in [6.45, 7) is 2.25. The molecule has 2 aliphatic carbocycles. The molecule has 3 heteroatoms. The molecule has 2 saturated carbocycles. The molecule has 0 aliphatic heterocycles. The summed E-state index contributed by atoms with van der Waals surface area (Å²) in [5.74, 6) is 1.04. The molecule has 0 saturated heterocycles. The van der Waals surface area contributed by atoms with Crippen molar-refractivity contribution in [2.75, 3.05) is 13.1 Å². The molecule has 2 aliphatic rings. The standard InChI is InChI=1S/C14H25NO2/c16-14(17)13-6-4-12(5-7-13)10-15-9-8-11-2-1-3-11/h11-13,15H,1-10H2,(H,16,17). The number of carbonyl (C=O) groups is 1. The average Bonchev–Trinajstić information content (AvgIpc) is 2.27. The minimum absolute atomic E-state index is 0.0683. The fraction of sp³-hybridized carbons (Fsp3) is 0.929. The summed E-state index contributed by atoms with van der Waals surface area (Å²) in [6.07, 6.45) is 9.58. The molecule has 3 nitrogen and oxygen atoms in total. The van der Waals surface area contributed by atoms with Crippen LogP contribution in [0.25, 0.3) is 0 Å². The molecule has 0 aromatic carbocycles. The second-order valence-electron chi connectivity index (χ2n) is 5.85. The Balaban J connectivity index is 1.50. The van der Waals surface area contributed by atoms with Gasteiger partial charge in [-0.15, -0.1) is 0 Å². The number of hydrogen-bond donors (Lipinski definition) is 2. The Labute approximate surface area is 104 Å². The van der Waals surface area contributed by atoms with Crippen molar-refractivity contribution < 1.29 is 9.90 Å². The molecule has 0 amide bonds. The maximum absolute atomic E-state index is 10.8. The van der Waals surface area contributed by atoms with Gasteiger partial charge in [0.15, 0.2) is 0 Å². The molecule has 2 fully saturated rings. The molecule has 0 bridgehead atoms. The Hall–Kier alpha value is -0.570. The maximum Gasteiger partial charge on any atom is 0.306 e. The number of aliphatic carboxylic acids is 1. The molecule has 2 rings (SSSR count). The molecule has 98 valence electrons. The van der Waals surface area contributed by atoms with Crippen molar-refractivity contribution >= 4 is 5.97 Å². The third-order valence-corrected chi connectivity index (χ3v) is 4.58. The van der Waals surface area contributed by atoms with E-state index in [4.69, 9.17) is 5.11 Å². The Morgan fingerprint density at radius 1 is 1.06 bits per heavy atom. The lowest BCUT2D eigenvalue weighted by Gasteiger charge is -2.28. The quantitative estimate of drug-likeness (QED) is 0.701. The normalized spacial score (nSPS) is 29.9. The largest absolute Gasteiger partial charge is 0.481 e. The first-order chi connectivity index (χ1) is 8.25. The Bertz CT molecular complexity index is 243. The van der Waals surface area contributed by atoms with Crippen molar-refractivity contribution in [1.29, 1.82) is 0 Å². The maximum atomic E-state index is 10.8. The summed E-state index contributed by atoms with van der Waals surface area (Å²) in [4.78, 5) is 10.8. The van der Waals surface area contributed by atoms with Crippen LogP contribution < -0.4 is 5.32 Å². The van der Waals surface area contributed by atoms with Crippen molar-refractivity contribution in [1.82, 2.24) is 5.32 Å². The molecule has 0 heterocycles. The van der Waals surface area contributed by atoms with Crippen LogP contribution >= 0.6 is 0 Å². The molecule has 0 unspecified atom stereocenters. The third kappa shape index (κ3) is 3.98. The van der Waals surface area contributed by atoms with Crippen molar-refractivity contribution in [3.63, 3.8) is 0 Å². The van der Waals surface area contributed by atoms with Crippen LogP contribution in [0.3, 0.4) is 0 Å².